The van der Waals surface area contributed by atoms with Gasteiger partial charge in [0.2, 0.25) is 0 Å². The van der Waals surface area contributed by atoms with Gasteiger partial charge in [0.05, 0.1) is 18.9 Å². The quantitative estimate of drug-likeness (QED) is 0.284. The Labute approximate surface area is 209 Å². The first-order valence-corrected chi connectivity index (χ1v) is 12.2. The minimum Gasteiger partial charge on any atom is -0.494 e. The van der Waals surface area contributed by atoms with Crippen LogP contribution in [0.2, 0.25) is 0 Å². The molecule has 1 heterocycles. The first kappa shape index (κ1) is 24.3. The summed E-state index contributed by atoms with van der Waals surface area (Å²) in [5.41, 5.74) is 7.67. The number of nitrogens with one attached hydrogen (secondary N) is 1. The predicted octanol–water partition coefficient (Wildman–Crippen LogP) is 8.25. The Bertz CT molecular complexity index is 1260. The highest BCUT2D eigenvalue weighted by Gasteiger charge is 2.13. The Hall–Kier alpha value is -3.79. The molecule has 1 aromatic heterocycles. The molecule has 4 heteroatoms. The molecular formula is C31H34N2O2. The van der Waals surface area contributed by atoms with E-state index >= 15 is 0 Å². The van der Waals surface area contributed by atoms with Crippen LogP contribution < -0.4 is 14.8 Å². The lowest BCUT2D eigenvalue weighted by Gasteiger charge is -2.19. The summed E-state index contributed by atoms with van der Waals surface area (Å²) in [4.78, 5) is 4.62. The van der Waals surface area contributed by atoms with E-state index in [2.05, 4.69) is 85.7 Å². The van der Waals surface area contributed by atoms with Gasteiger partial charge in [0.15, 0.2) is 0 Å². The fourth-order valence-electron chi connectivity index (χ4n) is 3.97. The van der Waals surface area contributed by atoms with Gasteiger partial charge in [-0.15, -0.1) is 0 Å². The SMILES string of the molecule is CCOc1ccc(-c2cc(-c3ccc(Nc4ccc(C(C)(C)C)cc4)cc3)ccn2)c(OCC)c1. The average molecular weight is 467 g/mol. The molecule has 4 rings (SSSR count). The Kier molecular flexibility index (Phi) is 7.40. The van der Waals surface area contributed by atoms with Crippen LogP contribution in [0.4, 0.5) is 11.4 Å². The smallest absolute Gasteiger partial charge is 0.132 e. The van der Waals surface area contributed by atoms with Crippen LogP contribution in [-0.2, 0) is 5.41 Å². The number of benzene rings is 3. The topological polar surface area (TPSA) is 43.4 Å². The van der Waals surface area contributed by atoms with E-state index in [0.29, 0.717) is 13.2 Å². The largest absolute Gasteiger partial charge is 0.494 e. The maximum Gasteiger partial charge on any atom is 0.132 e. The Balaban J connectivity index is 1.54. The van der Waals surface area contributed by atoms with E-state index in [1.807, 2.05) is 44.3 Å². The highest BCUT2D eigenvalue weighted by molar-refractivity contribution is 5.75. The van der Waals surface area contributed by atoms with E-state index in [1.54, 1.807) is 0 Å². The predicted molar refractivity (Wildman–Crippen MR) is 146 cm³/mol. The molecule has 3 aromatic carbocycles. The molecule has 0 saturated heterocycles. The molecule has 0 aliphatic heterocycles. The van der Waals surface area contributed by atoms with Gasteiger partial charge in [-0.05, 0) is 84.5 Å². The minimum absolute atomic E-state index is 0.151. The lowest BCUT2D eigenvalue weighted by molar-refractivity contribution is 0.324. The normalized spacial score (nSPS) is 11.2. The van der Waals surface area contributed by atoms with Crippen LogP contribution in [0.25, 0.3) is 22.4 Å². The lowest BCUT2D eigenvalue weighted by atomic mass is 9.87. The number of rotatable bonds is 8. The number of hydrogen-bond donors (Lipinski definition) is 1. The third-order valence-electron chi connectivity index (χ3n) is 5.86. The lowest BCUT2D eigenvalue weighted by Crippen LogP contribution is -2.10. The van der Waals surface area contributed by atoms with E-state index in [9.17, 15) is 0 Å². The second-order valence-corrected chi connectivity index (χ2v) is 9.48. The van der Waals surface area contributed by atoms with Crippen molar-refractivity contribution in [1.29, 1.82) is 0 Å². The zero-order valence-electron chi connectivity index (χ0n) is 21.3. The Morgan fingerprint density at radius 3 is 2.00 bits per heavy atom. The highest BCUT2D eigenvalue weighted by Crippen LogP contribution is 2.34. The standard InChI is InChI=1S/C31H34N2O2/c1-6-34-27-16-17-28(30(21-27)35-7-2)29-20-23(18-19-32-29)22-8-12-25(13-9-22)33-26-14-10-24(11-15-26)31(3,4)5/h8-21,33H,6-7H2,1-5H3. The molecule has 4 aromatic rings. The maximum absolute atomic E-state index is 5.89. The molecule has 0 atom stereocenters. The van der Waals surface area contributed by atoms with Gasteiger partial charge in [0, 0.05) is 29.2 Å². The maximum atomic E-state index is 5.89. The number of pyridine rings is 1. The summed E-state index contributed by atoms with van der Waals surface area (Å²) in [5.74, 6) is 1.58. The second kappa shape index (κ2) is 10.6. The van der Waals surface area contributed by atoms with E-state index in [1.165, 1.54) is 5.56 Å². The molecule has 0 unspecified atom stereocenters. The van der Waals surface area contributed by atoms with Gasteiger partial charge in [-0.25, -0.2) is 0 Å². The van der Waals surface area contributed by atoms with Crippen molar-refractivity contribution in [2.75, 3.05) is 18.5 Å². The van der Waals surface area contributed by atoms with E-state index in [4.69, 9.17) is 9.47 Å². The summed E-state index contributed by atoms with van der Waals surface area (Å²) < 4.78 is 11.5. The van der Waals surface area contributed by atoms with Crippen LogP contribution in [0.1, 0.15) is 40.2 Å². The van der Waals surface area contributed by atoms with Gasteiger partial charge in [-0.3, -0.25) is 4.98 Å². The minimum atomic E-state index is 0.151. The van der Waals surface area contributed by atoms with Gasteiger partial charge in [-0.2, -0.15) is 0 Å². The van der Waals surface area contributed by atoms with Crippen molar-refractivity contribution >= 4 is 11.4 Å². The van der Waals surface area contributed by atoms with Gasteiger partial charge in [0.25, 0.3) is 0 Å². The number of nitrogens with zero attached hydrogens (tertiary/aromatic N) is 1. The molecule has 0 saturated carbocycles. The molecule has 4 nitrogen and oxygen atoms in total. The Morgan fingerprint density at radius 1 is 0.714 bits per heavy atom. The molecular weight excluding hydrogens is 432 g/mol. The van der Waals surface area contributed by atoms with Crippen LogP contribution in [0.5, 0.6) is 11.5 Å². The fourth-order valence-corrected chi connectivity index (χ4v) is 3.97. The van der Waals surface area contributed by atoms with Crippen molar-refractivity contribution in [2.45, 2.75) is 40.0 Å². The van der Waals surface area contributed by atoms with Gasteiger partial charge < -0.3 is 14.8 Å². The molecule has 35 heavy (non-hydrogen) atoms. The summed E-state index contributed by atoms with van der Waals surface area (Å²) in [6, 6.07) is 27.2. The third-order valence-corrected chi connectivity index (χ3v) is 5.86. The average Bonchev–Trinajstić information content (AvgIpc) is 2.85. The van der Waals surface area contributed by atoms with Crippen molar-refractivity contribution in [2.24, 2.45) is 0 Å². The first-order chi connectivity index (χ1) is 16.9. The molecule has 1 N–H and O–H groups in total. The zero-order valence-corrected chi connectivity index (χ0v) is 21.3. The van der Waals surface area contributed by atoms with Crippen LogP contribution in [0, 0.1) is 0 Å². The van der Waals surface area contributed by atoms with Crippen LogP contribution >= 0.6 is 0 Å². The molecule has 0 aliphatic rings. The molecule has 0 amide bonds. The van der Waals surface area contributed by atoms with Crippen LogP contribution in [0.15, 0.2) is 85.1 Å². The molecule has 0 radical (unpaired) electrons. The highest BCUT2D eigenvalue weighted by atomic mass is 16.5. The molecule has 0 fully saturated rings. The van der Waals surface area contributed by atoms with Crippen LogP contribution in [0.3, 0.4) is 0 Å². The van der Waals surface area contributed by atoms with Crippen LogP contribution in [-0.4, -0.2) is 18.2 Å². The number of hydrogen-bond acceptors (Lipinski definition) is 4. The molecule has 0 bridgehead atoms. The second-order valence-electron chi connectivity index (χ2n) is 9.48. The van der Waals surface area contributed by atoms with E-state index < -0.39 is 0 Å². The van der Waals surface area contributed by atoms with Crippen molar-refractivity contribution in [3.8, 4) is 33.9 Å². The van der Waals surface area contributed by atoms with Crippen molar-refractivity contribution < 1.29 is 9.47 Å². The summed E-state index contributed by atoms with van der Waals surface area (Å²) in [6.45, 7) is 11.8. The fraction of sp³-hybridized carbons (Fsp3) is 0.258. The summed E-state index contributed by atoms with van der Waals surface area (Å²) >= 11 is 0. The van der Waals surface area contributed by atoms with Gasteiger partial charge in [0.1, 0.15) is 11.5 Å². The van der Waals surface area contributed by atoms with Crippen molar-refractivity contribution in [3.63, 3.8) is 0 Å². The van der Waals surface area contributed by atoms with Crippen molar-refractivity contribution in [3.05, 3.63) is 90.6 Å². The number of aromatic nitrogens is 1. The molecule has 0 spiro atoms. The monoisotopic (exact) mass is 466 g/mol. The molecule has 180 valence electrons. The van der Waals surface area contributed by atoms with Gasteiger partial charge >= 0.3 is 0 Å². The zero-order chi connectivity index (χ0) is 24.8. The van der Waals surface area contributed by atoms with Crippen molar-refractivity contribution in [1.82, 2.24) is 4.98 Å². The Morgan fingerprint density at radius 2 is 1.37 bits per heavy atom. The van der Waals surface area contributed by atoms with Gasteiger partial charge in [-0.1, -0.05) is 45.0 Å². The summed E-state index contributed by atoms with van der Waals surface area (Å²) in [5, 5.41) is 3.49. The number of anilines is 2. The molecule has 0 aliphatic carbocycles. The summed E-state index contributed by atoms with van der Waals surface area (Å²) in [7, 11) is 0. The third kappa shape index (κ3) is 6.02. The first-order valence-electron chi connectivity index (χ1n) is 12.2. The summed E-state index contributed by atoms with van der Waals surface area (Å²) in [6.07, 6.45) is 1.85. The van der Waals surface area contributed by atoms with E-state index in [-0.39, 0.29) is 5.41 Å². The van der Waals surface area contributed by atoms with E-state index in [0.717, 1.165) is 45.3 Å². The number of ether oxygens (including phenoxy) is 2.